The maximum Gasteiger partial charge on any atom is 0.134 e. The summed E-state index contributed by atoms with van der Waals surface area (Å²) < 4.78 is 19.0. The molecule has 0 amide bonds. The lowest BCUT2D eigenvalue weighted by Crippen LogP contribution is -2.29. The second kappa shape index (κ2) is 8.18. The summed E-state index contributed by atoms with van der Waals surface area (Å²) >= 11 is 0. The van der Waals surface area contributed by atoms with Crippen molar-refractivity contribution >= 4 is 0 Å². The number of alkyl halides is 1. The molecule has 1 atom stereocenters. The Morgan fingerprint density at radius 3 is 2.36 bits per heavy atom. The van der Waals surface area contributed by atoms with Crippen molar-refractivity contribution in [1.82, 2.24) is 0 Å². The predicted molar refractivity (Wildman–Crippen MR) is 58.1 cm³/mol. The molecule has 0 aromatic rings. The standard InChI is InChI=1S/C11H24FNO/c1-3-4-5-7-11(12,10-14-2)8-6-9-13/h3-10,13H2,1-2H3. The molecule has 86 valence electrons. The fourth-order valence-electron chi connectivity index (χ4n) is 1.64. The van der Waals surface area contributed by atoms with Gasteiger partial charge in [-0.25, -0.2) is 4.39 Å². The molecule has 0 aliphatic heterocycles. The molecular formula is C11H24FNO. The van der Waals surface area contributed by atoms with Crippen molar-refractivity contribution in [3.8, 4) is 0 Å². The molecular weight excluding hydrogens is 181 g/mol. The molecule has 0 heterocycles. The lowest BCUT2D eigenvalue weighted by atomic mass is 9.94. The topological polar surface area (TPSA) is 35.2 Å². The van der Waals surface area contributed by atoms with E-state index in [4.69, 9.17) is 10.5 Å². The van der Waals surface area contributed by atoms with E-state index in [1.54, 1.807) is 7.11 Å². The van der Waals surface area contributed by atoms with Crippen LogP contribution in [0.25, 0.3) is 0 Å². The van der Waals surface area contributed by atoms with Gasteiger partial charge in [-0.1, -0.05) is 26.2 Å². The highest BCUT2D eigenvalue weighted by Gasteiger charge is 2.28. The first-order chi connectivity index (χ1) is 6.68. The van der Waals surface area contributed by atoms with Gasteiger partial charge >= 0.3 is 0 Å². The minimum absolute atomic E-state index is 0.205. The average Bonchev–Trinajstić information content (AvgIpc) is 2.16. The molecule has 1 unspecified atom stereocenters. The van der Waals surface area contributed by atoms with E-state index in [0.717, 1.165) is 25.7 Å². The first-order valence-electron chi connectivity index (χ1n) is 5.56. The zero-order valence-corrected chi connectivity index (χ0v) is 9.52. The number of rotatable bonds is 9. The lowest BCUT2D eigenvalue weighted by molar-refractivity contribution is 0.0249. The van der Waals surface area contributed by atoms with E-state index in [-0.39, 0.29) is 6.61 Å². The third kappa shape index (κ3) is 6.33. The molecule has 0 aliphatic rings. The van der Waals surface area contributed by atoms with Crippen LogP contribution in [0.15, 0.2) is 0 Å². The van der Waals surface area contributed by atoms with Crippen LogP contribution in [-0.4, -0.2) is 25.9 Å². The van der Waals surface area contributed by atoms with Crippen LogP contribution < -0.4 is 5.73 Å². The van der Waals surface area contributed by atoms with Crippen molar-refractivity contribution in [3.05, 3.63) is 0 Å². The van der Waals surface area contributed by atoms with Gasteiger partial charge in [0, 0.05) is 7.11 Å². The van der Waals surface area contributed by atoms with Crippen LogP contribution in [0.5, 0.6) is 0 Å². The van der Waals surface area contributed by atoms with Crippen LogP contribution in [-0.2, 0) is 4.74 Å². The second-order valence-corrected chi connectivity index (χ2v) is 3.93. The largest absolute Gasteiger partial charge is 0.381 e. The summed E-state index contributed by atoms with van der Waals surface area (Å²) in [4.78, 5) is 0. The first kappa shape index (κ1) is 13.8. The van der Waals surface area contributed by atoms with Crippen LogP contribution in [0, 0.1) is 0 Å². The van der Waals surface area contributed by atoms with E-state index in [0.29, 0.717) is 19.4 Å². The molecule has 0 aliphatic carbocycles. The molecule has 0 rings (SSSR count). The summed E-state index contributed by atoms with van der Waals surface area (Å²) in [6.07, 6.45) is 5.04. The highest BCUT2D eigenvalue weighted by molar-refractivity contribution is 4.78. The summed E-state index contributed by atoms with van der Waals surface area (Å²) in [5.41, 5.74) is 4.23. The van der Waals surface area contributed by atoms with Crippen molar-refractivity contribution in [2.75, 3.05) is 20.3 Å². The van der Waals surface area contributed by atoms with Gasteiger partial charge in [0.25, 0.3) is 0 Å². The molecule has 3 heteroatoms. The van der Waals surface area contributed by atoms with E-state index < -0.39 is 5.67 Å². The van der Waals surface area contributed by atoms with Gasteiger partial charge in [-0.3, -0.25) is 0 Å². The fraction of sp³-hybridized carbons (Fsp3) is 1.00. The summed E-state index contributed by atoms with van der Waals surface area (Å²) in [6.45, 7) is 2.88. The average molecular weight is 205 g/mol. The van der Waals surface area contributed by atoms with Crippen molar-refractivity contribution < 1.29 is 9.13 Å². The number of methoxy groups -OCH3 is 1. The molecule has 0 spiro atoms. The third-order valence-electron chi connectivity index (χ3n) is 2.46. The van der Waals surface area contributed by atoms with Crippen LogP contribution in [0.1, 0.15) is 45.4 Å². The third-order valence-corrected chi connectivity index (χ3v) is 2.46. The SMILES string of the molecule is CCCCCC(F)(CCCN)COC. The molecule has 0 radical (unpaired) electrons. The number of unbranched alkanes of at least 4 members (excludes halogenated alkanes) is 2. The number of hydrogen-bond donors (Lipinski definition) is 1. The Labute approximate surface area is 87.0 Å². The minimum Gasteiger partial charge on any atom is -0.381 e. The quantitative estimate of drug-likeness (QED) is 0.587. The summed E-state index contributed by atoms with van der Waals surface area (Å²) in [6, 6.07) is 0. The zero-order valence-electron chi connectivity index (χ0n) is 9.52. The molecule has 0 saturated heterocycles. The number of halogens is 1. The predicted octanol–water partition coefficient (Wildman–Crippen LogP) is 2.66. The van der Waals surface area contributed by atoms with Gasteiger partial charge in [-0.2, -0.15) is 0 Å². The molecule has 0 aromatic heterocycles. The molecule has 0 bridgehead atoms. The number of nitrogens with two attached hydrogens (primary N) is 1. The van der Waals surface area contributed by atoms with Crippen molar-refractivity contribution in [3.63, 3.8) is 0 Å². The van der Waals surface area contributed by atoms with E-state index >= 15 is 0 Å². The van der Waals surface area contributed by atoms with Gasteiger partial charge in [-0.05, 0) is 25.8 Å². The Morgan fingerprint density at radius 1 is 1.21 bits per heavy atom. The molecule has 14 heavy (non-hydrogen) atoms. The second-order valence-electron chi connectivity index (χ2n) is 3.93. The number of hydrogen-bond acceptors (Lipinski definition) is 2. The van der Waals surface area contributed by atoms with Crippen molar-refractivity contribution in [2.45, 2.75) is 51.1 Å². The Kier molecular flexibility index (Phi) is 8.09. The van der Waals surface area contributed by atoms with Crippen LogP contribution in [0.2, 0.25) is 0 Å². The van der Waals surface area contributed by atoms with E-state index in [1.807, 2.05) is 0 Å². The summed E-state index contributed by atoms with van der Waals surface area (Å²) in [5, 5.41) is 0. The molecule has 0 aromatic carbocycles. The van der Waals surface area contributed by atoms with Gasteiger partial charge < -0.3 is 10.5 Å². The maximum absolute atomic E-state index is 14.1. The Hall–Kier alpha value is -0.150. The van der Waals surface area contributed by atoms with Gasteiger partial charge in [0.1, 0.15) is 5.67 Å². The lowest BCUT2D eigenvalue weighted by Gasteiger charge is -2.24. The van der Waals surface area contributed by atoms with Gasteiger partial charge in [0.15, 0.2) is 0 Å². The normalized spacial score (nSPS) is 15.4. The first-order valence-corrected chi connectivity index (χ1v) is 5.56. The van der Waals surface area contributed by atoms with E-state index in [2.05, 4.69) is 6.92 Å². The van der Waals surface area contributed by atoms with E-state index in [1.165, 1.54) is 0 Å². The molecule has 2 N–H and O–H groups in total. The monoisotopic (exact) mass is 205 g/mol. The molecule has 2 nitrogen and oxygen atoms in total. The number of ether oxygens (including phenoxy) is 1. The van der Waals surface area contributed by atoms with E-state index in [9.17, 15) is 4.39 Å². The highest BCUT2D eigenvalue weighted by Crippen LogP contribution is 2.25. The highest BCUT2D eigenvalue weighted by atomic mass is 19.1. The minimum atomic E-state index is -1.15. The summed E-state index contributed by atoms with van der Waals surface area (Å²) in [5.74, 6) is 0. The van der Waals surface area contributed by atoms with Crippen LogP contribution in [0.3, 0.4) is 0 Å². The molecule has 0 saturated carbocycles. The van der Waals surface area contributed by atoms with Crippen molar-refractivity contribution in [1.29, 1.82) is 0 Å². The van der Waals surface area contributed by atoms with Crippen LogP contribution in [0.4, 0.5) is 4.39 Å². The molecule has 0 fully saturated rings. The van der Waals surface area contributed by atoms with Crippen LogP contribution >= 0.6 is 0 Å². The zero-order chi connectivity index (χ0) is 10.9. The Morgan fingerprint density at radius 2 is 1.86 bits per heavy atom. The Bertz CT molecular complexity index is 132. The fourth-order valence-corrected chi connectivity index (χ4v) is 1.64. The van der Waals surface area contributed by atoms with Gasteiger partial charge in [0.2, 0.25) is 0 Å². The van der Waals surface area contributed by atoms with Gasteiger partial charge in [-0.15, -0.1) is 0 Å². The Balaban J connectivity index is 3.82. The summed E-state index contributed by atoms with van der Waals surface area (Å²) in [7, 11) is 1.55. The maximum atomic E-state index is 14.1. The van der Waals surface area contributed by atoms with Gasteiger partial charge in [0.05, 0.1) is 6.61 Å². The smallest absolute Gasteiger partial charge is 0.134 e. The van der Waals surface area contributed by atoms with Crippen molar-refractivity contribution in [2.24, 2.45) is 5.73 Å².